The number of benzene rings is 1. The normalized spacial score (nSPS) is 10.9. The zero-order chi connectivity index (χ0) is 11.8. The van der Waals surface area contributed by atoms with E-state index in [4.69, 9.17) is 0 Å². The fourth-order valence-electron chi connectivity index (χ4n) is 1.91. The van der Waals surface area contributed by atoms with Gasteiger partial charge in [0.15, 0.2) is 0 Å². The second-order valence-electron chi connectivity index (χ2n) is 3.93. The van der Waals surface area contributed by atoms with Crippen molar-refractivity contribution in [1.29, 1.82) is 0 Å². The van der Waals surface area contributed by atoms with Crippen LogP contribution in [0.15, 0.2) is 40.6 Å². The van der Waals surface area contributed by atoms with Gasteiger partial charge in [-0.05, 0) is 18.6 Å². The number of hydrogen-bond acceptors (Lipinski definition) is 3. The monoisotopic (exact) mass is 242 g/mol. The maximum absolute atomic E-state index is 11.6. The molecule has 0 spiro atoms. The highest BCUT2D eigenvalue weighted by Gasteiger charge is 2.07. The van der Waals surface area contributed by atoms with Crippen LogP contribution in [0.5, 0.6) is 0 Å². The van der Waals surface area contributed by atoms with Crippen LogP contribution in [-0.2, 0) is 0 Å². The average Bonchev–Trinajstić information content (AvgIpc) is 2.80. The first-order valence-electron chi connectivity index (χ1n) is 5.27. The predicted octanol–water partition coefficient (Wildman–Crippen LogP) is 2.96. The zero-order valence-electron chi connectivity index (χ0n) is 9.23. The van der Waals surface area contributed by atoms with Crippen LogP contribution < -0.4 is 5.56 Å². The molecule has 0 unspecified atom stereocenters. The van der Waals surface area contributed by atoms with Crippen LogP contribution in [0.3, 0.4) is 0 Å². The predicted molar refractivity (Wildman–Crippen MR) is 70.4 cm³/mol. The van der Waals surface area contributed by atoms with Gasteiger partial charge in [-0.3, -0.25) is 4.79 Å². The van der Waals surface area contributed by atoms with Crippen molar-refractivity contribution in [3.8, 4) is 10.6 Å². The fourth-order valence-corrected chi connectivity index (χ4v) is 2.58. The van der Waals surface area contributed by atoms with Gasteiger partial charge in [-0.25, -0.2) is 4.98 Å². The number of hydrogen-bond donors (Lipinski definition) is 1. The number of pyridine rings is 1. The van der Waals surface area contributed by atoms with E-state index in [1.807, 2.05) is 30.5 Å². The molecular formula is C13H10N2OS. The molecule has 1 N–H and O–H groups in total. The van der Waals surface area contributed by atoms with Gasteiger partial charge in [-0.1, -0.05) is 12.1 Å². The molecule has 3 rings (SSSR count). The first-order valence-corrected chi connectivity index (χ1v) is 6.15. The van der Waals surface area contributed by atoms with Crippen LogP contribution in [-0.4, -0.2) is 9.97 Å². The van der Waals surface area contributed by atoms with Gasteiger partial charge in [0.2, 0.25) is 5.56 Å². The number of fused-ring (bicyclic) bond motifs is 1. The quantitative estimate of drug-likeness (QED) is 0.713. The molecule has 0 radical (unpaired) electrons. The van der Waals surface area contributed by atoms with E-state index in [-0.39, 0.29) is 5.56 Å². The summed E-state index contributed by atoms with van der Waals surface area (Å²) in [6, 6.07) is 7.65. The van der Waals surface area contributed by atoms with E-state index in [1.165, 1.54) is 11.3 Å². The second kappa shape index (κ2) is 3.82. The third kappa shape index (κ3) is 1.76. The van der Waals surface area contributed by atoms with Crippen LogP contribution in [0.4, 0.5) is 0 Å². The van der Waals surface area contributed by atoms with E-state index in [1.54, 1.807) is 12.3 Å². The van der Waals surface area contributed by atoms with E-state index in [0.717, 1.165) is 27.0 Å². The smallest absolute Gasteiger partial charge is 0.249 e. The van der Waals surface area contributed by atoms with Crippen molar-refractivity contribution in [2.24, 2.45) is 0 Å². The molecule has 2 aromatic heterocycles. The number of aromatic amines is 1. The highest BCUT2D eigenvalue weighted by Crippen LogP contribution is 2.27. The van der Waals surface area contributed by atoms with Crippen LogP contribution >= 0.6 is 11.3 Å². The van der Waals surface area contributed by atoms with Gasteiger partial charge >= 0.3 is 0 Å². The van der Waals surface area contributed by atoms with Crippen LogP contribution in [0.1, 0.15) is 5.56 Å². The number of aromatic nitrogens is 2. The largest absolute Gasteiger partial charge is 0.322 e. The molecule has 17 heavy (non-hydrogen) atoms. The number of nitrogens with one attached hydrogen (secondary N) is 1. The summed E-state index contributed by atoms with van der Waals surface area (Å²) in [4.78, 5) is 18.8. The molecule has 3 nitrogen and oxygen atoms in total. The lowest BCUT2D eigenvalue weighted by Crippen LogP contribution is -2.04. The van der Waals surface area contributed by atoms with Crippen molar-refractivity contribution < 1.29 is 0 Å². The summed E-state index contributed by atoms with van der Waals surface area (Å²) < 4.78 is 0. The lowest BCUT2D eigenvalue weighted by atomic mass is 10.1. The minimum Gasteiger partial charge on any atom is -0.322 e. The number of H-pyrrole nitrogens is 1. The Kier molecular flexibility index (Phi) is 2.30. The molecule has 0 amide bonds. The van der Waals surface area contributed by atoms with Crippen LogP contribution in [0, 0.1) is 6.92 Å². The van der Waals surface area contributed by atoms with Gasteiger partial charge < -0.3 is 4.98 Å². The van der Waals surface area contributed by atoms with Crippen molar-refractivity contribution in [3.63, 3.8) is 0 Å². The summed E-state index contributed by atoms with van der Waals surface area (Å²) in [5.74, 6) is 0. The number of thiazole rings is 1. The first kappa shape index (κ1) is 10.2. The van der Waals surface area contributed by atoms with E-state index in [9.17, 15) is 4.79 Å². The Bertz CT molecular complexity index is 729. The lowest BCUT2D eigenvalue weighted by molar-refractivity contribution is 1.29. The highest BCUT2D eigenvalue weighted by molar-refractivity contribution is 7.13. The summed E-state index contributed by atoms with van der Waals surface area (Å²) >= 11 is 1.54. The second-order valence-corrected chi connectivity index (χ2v) is 4.83. The Morgan fingerprint density at radius 1 is 1.29 bits per heavy atom. The minimum absolute atomic E-state index is 0.0895. The van der Waals surface area contributed by atoms with Gasteiger partial charge in [0.05, 0.1) is 0 Å². The number of nitrogens with zero attached hydrogens (tertiary/aromatic N) is 1. The Morgan fingerprint density at radius 3 is 2.94 bits per heavy atom. The van der Waals surface area contributed by atoms with Gasteiger partial charge in [0.1, 0.15) is 5.01 Å². The van der Waals surface area contributed by atoms with Crippen LogP contribution in [0.25, 0.3) is 21.5 Å². The Morgan fingerprint density at radius 2 is 2.18 bits per heavy atom. The lowest BCUT2D eigenvalue weighted by Gasteiger charge is -2.04. The third-order valence-corrected chi connectivity index (χ3v) is 3.47. The number of rotatable bonds is 1. The standard InChI is InChI=1S/C13H10N2OS/c1-8-2-3-9-10(13-14-4-5-17-13)7-12(16)15-11(9)6-8/h2-7H,1H3,(H,15,16). The van der Waals surface area contributed by atoms with Gasteiger partial charge in [-0.2, -0.15) is 0 Å². The molecule has 0 aliphatic carbocycles. The fraction of sp³-hybridized carbons (Fsp3) is 0.0769. The van der Waals surface area contributed by atoms with E-state index in [0.29, 0.717) is 0 Å². The van der Waals surface area contributed by atoms with Crippen molar-refractivity contribution in [2.45, 2.75) is 6.92 Å². The Labute approximate surface area is 102 Å². The summed E-state index contributed by atoms with van der Waals surface area (Å²) in [5, 5.41) is 3.83. The topological polar surface area (TPSA) is 45.8 Å². The summed E-state index contributed by atoms with van der Waals surface area (Å²) in [6.45, 7) is 2.01. The molecule has 4 heteroatoms. The SMILES string of the molecule is Cc1ccc2c(-c3nccs3)cc(=O)[nH]c2c1. The van der Waals surface area contributed by atoms with Crippen molar-refractivity contribution in [2.75, 3.05) is 0 Å². The molecule has 84 valence electrons. The maximum atomic E-state index is 11.6. The molecule has 0 fully saturated rings. The summed E-state index contributed by atoms with van der Waals surface area (Å²) in [7, 11) is 0. The molecule has 2 heterocycles. The van der Waals surface area contributed by atoms with E-state index >= 15 is 0 Å². The van der Waals surface area contributed by atoms with E-state index in [2.05, 4.69) is 9.97 Å². The molecular weight excluding hydrogens is 232 g/mol. The van der Waals surface area contributed by atoms with E-state index < -0.39 is 0 Å². The van der Waals surface area contributed by atoms with Crippen LogP contribution in [0.2, 0.25) is 0 Å². The number of aryl methyl sites for hydroxylation is 1. The third-order valence-electron chi connectivity index (χ3n) is 2.66. The molecule has 1 aromatic carbocycles. The maximum Gasteiger partial charge on any atom is 0.249 e. The molecule has 0 aliphatic heterocycles. The minimum atomic E-state index is -0.0895. The molecule has 0 aliphatic rings. The van der Waals surface area contributed by atoms with Gasteiger partial charge in [0, 0.05) is 34.1 Å². The van der Waals surface area contributed by atoms with Crippen molar-refractivity contribution in [3.05, 3.63) is 51.8 Å². The van der Waals surface area contributed by atoms with Gasteiger partial charge in [0.25, 0.3) is 0 Å². The highest BCUT2D eigenvalue weighted by atomic mass is 32.1. The van der Waals surface area contributed by atoms with Crippen molar-refractivity contribution in [1.82, 2.24) is 9.97 Å². The molecule has 0 bridgehead atoms. The first-order chi connectivity index (χ1) is 8.24. The van der Waals surface area contributed by atoms with Crippen molar-refractivity contribution >= 4 is 22.2 Å². The molecule has 0 atom stereocenters. The van der Waals surface area contributed by atoms with Gasteiger partial charge in [-0.15, -0.1) is 11.3 Å². The summed E-state index contributed by atoms with van der Waals surface area (Å²) in [6.07, 6.45) is 1.75. The Hall–Kier alpha value is -1.94. The molecule has 0 saturated carbocycles. The zero-order valence-corrected chi connectivity index (χ0v) is 10.0. The average molecular weight is 242 g/mol. The Balaban J connectivity index is 2.42. The molecule has 3 aromatic rings. The summed E-state index contributed by atoms with van der Waals surface area (Å²) in [5.41, 5.74) is 2.80. The molecule has 0 saturated heterocycles.